The molecule has 6 rings (SSSR count). The topological polar surface area (TPSA) is 64.3 Å². The molecule has 2 N–H and O–H groups in total. The molecule has 228 valence electrons. The van der Waals surface area contributed by atoms with Crippen LogP contribution in [-0.2, 0) is 5.41 Å². The fraction of sp³-hybridized carbons (Fsp3) is 0.471. The van der Waals surface area contributed by atoms with E-state index in [4.69, 9.17) is 11.6 Å². The Labute approximate surface area is 257 Å². The van der Waals surface area contributed by atoms with Gasteiger partial charge >= 0.3 is 0 Å². The number of carbonyl (C=O) groups is 1. The van der Waals surface area contributed by atoms with Gasteiger partial charge in [-0.3, -0.25) is 19.7 Å². The van der Waals surface area contributed by atoms with Gasteiger partial charge in [-0.15, -0.1) is 0 Å². The maximum atomic E-state index is 16.7. The van der Waals surface area contributed by atoms with Crippen LogP contribution in [0, 0.1) is 17.6 Å². The first-order valence-corrected chi connectivity index (χ1v) is 15.7. The lowest BCUT2D eigenvalue weighted by Crippen LogP contribution is -2.55. The maximum Gasteiger partial charge on any atom is 0.259 e. The number of allylic oxidation sites excluding steroid dienone is 1. The zero-order valence-electron chi connectivity index (χ0n) is 25.5. The number of anilines is 2. The molecule has 1 saturated heterocycles. The van der Waals surface area contributed by atoms with Gasteiger partial charge in [0.2, 0.25) is 0 Å². The van der Waals surface area contributed by atoms with E-state index in [2.05, 4.69) is 48.1 Å². The van der Waals surface area contributed by atoms with Crippen molar-refractivity contribution in [3.63, 3.8) is 0 Å². The Morgan fingerprint density at radius 1 is 1.16 bits per heavy atom. The maximum absolute atomic E-state index is 16.7. The zero-order valence-corrected chi connectivity index (χ0v) is 26.3. The highest BCUT2D eigenvalue weighted by molar-refractivity contribution is 6.30. The van der Waals surface area contributed by atoms with Gasteiger partial charge in [-0.05, 0) is 63.1 Å². The van der Waals surface area contributed by atoms with E-state index in [9.17, 15) is 4.79 Å². The first-order valence-electron chi connectivity index (χ1n) is 15.3. The van der Waals surface area contributed by atoms with Gasteiger partial charge in [-0.1, -0.05) is 55.7 Å². The average molecular weight is 608 g/mol. The van der Waals surface area contributed by atoms with Gasteiger partial charge in [0.25, 0.3) is 5.91 Å². The van der Waals surface area contributed by atoms with E-state index < -0.39 is 17.0 Å². The number of halogens is 3. The minimum atomic E-state index is -1.23. The molecular formula is C34H40ClF2N5O. The second-order valence-electron chi connectivity index (χ2n) is 13.2. The van der Waals surface area contributed by atoms with Crippen molar-refractivity contribution in [3.8, 4) is 0 Å². The van der Waals surface area contributed by atoms with Gasteiger partial charge in [-0.25, -0.2) is 8.78 Å². The molecule has 9 heteroatoms. The number of aromatic amines is 1. The molecule has 1 amide bonds. The van der Waals surface area contributed by atoms with Crippen LogP contribution in [0.3, 0.4) is 0 Å². The first-order chi connectivity index (χ1) is 20.5. The molecule has 2 fully saturated rings. The number of likely N-dealkylation sites (tertiary alicyclic amines) is 1. The van der Waals surface area contributed by atoms with Crippen molar-refractivity contribution < 1.29 is 13.6 Å². The molecule has 43 heavy (non-hydrogen) atoms. The van der Waals surface area contributed by atoms with Crippen molar-refractivity contribution in [1.82, 2.24) is 15.1 Å². The molecule has 0 bridgehead atoms. The smallest absolute Gasteiger partial charge is 0.259 e. The largest absolute Gasteiger partial charge is 0.377 e. The number of amides is 1. The Hall–Kier alpha value is -3.23. The van der Waals surface area contributed by atoms with Crippen LogP contribution in [-0.4, -0.2) is 53.2 Å². The van der Waals surface area contributed by atoms with Gasteiger partial charge in [-0.2, -0.15) is 5.10 Å². The molecule has 1 unspecified atom stereocenters. The van der Waals surface area contributed by atoms with Crippen LogP contribution < -0.4 is 10.2 Å². The lowest BCUT2D eigenvalue weighted by atomic mass is 9.70. The Kier molecular flexibility index (Phi) is 7.88. The number of nitrogens with one attached hydrogen (secondary N) is 2. The third kappa shape index (κ3) is 5.16. The first kappa shape index (κ1) is 29.8. The van der Waals surface area contributed by atoms with E-state index in [1.807, 2.05) is 0 Å². The van der Waals surface area contributed by atoms with Crippen LogP contribution in [0.25, 0.3) is 0 Å². The molecule has 3 aliphatic rings. The number of fused-ring (bicyclic) bond motifs is 1. The number of nitrogens with zero attached hydrogens (tertiary/aromatic N) is 3. The standard InChI is InChI=1S/C34H40ClF2N5O/c1-19(2)21(4)25-14-38-40-32(25)42-18-34(5,26-10-7-11-27(35)30(26)36)29-24(33(42)43)12-13-28(31(29)37)39-23-16-41(17-23)15-20(3)22-8-6-9-22/h7,10-14,19,21,23,39H,6,8-9,15-18H2,1-5H3,(H,38,40)/t21?,34-/m1/s1. The average Bonchev–Trinajstić information content (AvgIpc) is 3.40. The minimum Gasteiger partial charge on any atom is -0.377 e. The van der Waals surface area contributed by atoms with Gasteiger partial charge in [0.05, 0.1) is 22.9 Å². The highest BCUT2D eigenvalue weighted by Crippen LogP contribution is 2.46. The van der Waals surface area contributed by atoms with Crippen molar-refractivity contribution in [2.75, 3.05) is 36.4 Å². The number of aromatic nitrogens is 2. The number of hydrogen-bond acceptors (Lipinski definition) is 4. The Morgan fingerprint density at radius 3 is 2.58 bits per heavy atom. The molecule has 2 atom stereocenters. The van der Waals surface area contributed by atoms with E-state index in [1.165, 1.54) is 30.9 Å². The van der Waals surface area contributed by atoms with Crippen molar-refractivity contribution in [2.45, 2.75) is 71.3 Å². The quantitative estimate of drug-likeness (QED) is 0.258. The SMILES string of the molecule is CC(CN1CC(Nc2ccc3c(c2F)[C@@](C)(c2cccc(Cl)c2F)CN(c2[nH]ncc2C(C)C(C)C)C3=O)C1)=C1CCC1. The third-order valence-electron chi connectivity index (χ3n) is 9.94. The van der Waals surface area contributed by atoms with E-state index in [0.29, 0.717) is 17.4 Å². The molecule has 1 aliphatic carbocycles. The summed E-state index contributed by atoms with van der Waals surface area (Å²) in [5.41, 5.74) is 3.62. The predicted molar refractivity (Wildman–Crippen MR) is 168 cm³/mol. The summed E-state index contributed by atoms with van der Waals surface area (Å²) in [6, 6.07) is 8.16. The number of benzene rings is 2. The van der Waals surface area contributed by atoms with Crippen molar-refractivity contribution >= 4 is 29.0 Å². The fourth-order valence-electron chi connectivity index (χ4n) is 6.78. The summed E-state index contributed by atoms with van der Waals surface area (Å²) < 4.78 is 32.4. The second-order valence-corrected chi connectivity index (χ2v) is 13.6. The number of rotatable bonds is 8. The van der Waals surface area contributed by atoms with Crippen LogP contribution in [0.1, 0.15) is 86.8 Å². The normalized spacial score (nSPS) is 21.5. The third-order valence-corrected chi connectivity index (χ3v) is 10.2. The monoisotopic (exact) mass is 607 g/mol. The van der Waals surface area contributed by atoms with E-state index in [1.54, 1.807) is 47.9 Å². The van der Waals surface area contributed by atoms with Gasteiger partial charge in [0, 0.05) is 53.8 Å². The molecular weight excluding hydrogens is 568 g/mol. The van der Waals surface area contributed by atoms with E-state index >= 15 is 8.78 Å². The molecule has 3 heterocycles. The van der Waals surface area contributed by atoms with Crippen LogP contribution in [0.5, 0.6) is 0 Å². The summed E-state index contributed by atoms with van der Waals surface area (Å²) in [6.07, 6.45) is 5.44. The summed E-state index contributed by atoms with van der Waals surface area (Å²) >= 11 is 6.25. The number of H-pyrrole nitrogens is 1. The van der Waals surface area contributed by atoms with Crippen LogP contribution >= 0.6 is 11.6 Å². The molecule has 0 radical (unpaired) electrons. The molecule has 2 aromatic carbocycles. The van der Waals surface area contributed by atoms with Crippen LogP contribution in [0.15, 0.2) is 47.7 Å². The van der Waals surface area contributed by atoms with E-state index in [-0.39, 0.29) is 46.1 Å². The Morgan fingerprint density at radius 2 is 1.91 bits per heavy atom. The molecule has 2 aliphatic heterocycles. The fourth-order valence-corrected chi connectivity index (χ4v) is 6.96. The second kappa shape index (κ2) is 11.4. The van der Waals surface area contributed by atoms with Crippen molar-refractivity contribution in [3.05, 3.63) is 86.6 Å². The molecule has 1 saturated carbocycles. The van der Waals surface area contributed by atoms with Crippen LogP contribution in [0.2, 0.25) is 5.02 Å². The molecule has 6 nitrogen and oxygen atoms in total. The van der Waals surface area contributed by atoms with E-state index in [0.717, 1.165) is 25.2 Å². The Balaban J connectivity index is 1.36. The molecule has 3 aromatic rings. The van der Waals surface area contributed by atoms with Crippen molar-refractivity contribution in [2.24, 2.45) is 5.92 Å². The Bertz CT molecular complexity index is 1590. The number of carbonyl (C=O) groups excluding carboxylic acids is 1. The highest BCUT2D eigenvalue weighted by Gasteiger charge is 2.47. The summed E-state index contributed by atoms with van der Waals surface area (Å²) in [7, 11) is 0. The summed E-state index contributed by atoms with van der Waals surface area (Å²) in [4.78, 5) is 18.0. The van der Waals surface area contributed by atoms with Gasteiger partial charge in [0.1, 0.15) is 11.6 Å². The zero-order chi connectivity index (χ0) is 30.6. The lowest BCUT2D eigenvalue weighted by Gasteiger charge is -2.43. The number of hydrogen-bond donors (Lipinski definition) is 2. The summed E-state index contributed by atoms with van der Waals surface area (Å²) in [5.74, 6) is -0.538. The van der Waals surface area contributed by atoms with Gasteiger partial charge in [0.15, 0.2) is 5.82 Å². The summed E-state index contributed by atoms with van der Waals surface area (Å²) in [5, 5.41) is 10.6. The van der Waals surface area contributed by atoms with Crippen molar-refractivity contribution in [1.29, 1.82) is 0 Å². The molecule has 1 aromatic heterocycles. The predicted octanol–water partition coefficient (Wildman–Crippen LogP) is 7.66. The lowest BCUT2D eigenvalue weighted by molar-refractivity contribution is 0.0968. The van der Waals surface area contributed by atoms with Crippen LogP contribution in [0.4, 0.5) is 20.3 Å². The highest BCUT2D eigenvalue weighted by atomic mass is 35.5. The minimum absolute atomic E-state index is 0.0155. The molecule has 0 spiro atoms. The van der Waals surface area contributed by atoms with Gasteiger partial charge < -0.3 is 5.32 Å². The summed E-state index contributed by atoms with van der Waals surface area (Å²) in [6.45, 7) is 12.9.